The Labute approximate surface area is 95.1 Å². The van der Waals surface area contributed by atoms with Crippen molar-refractivity contribution in [3.05, 3.63) is 33.9 Å². The van der Waals surface area contributed by atoms with Crippen LogP contribution in [0.1, 0.15) is 31.7 Å². The molecule has 1 aromatic carbocycles. The van der Waals surface area contributed by atoms with Crippen molar-refractivity contribution >= 4 is 18.3 Å². The summed E-state index contributed by atoms with van der Waals surface area (Å²) in [6.07, 6.45) is 3.98. The maximum Gasteiger partial charge on any atom is 0.272 e. The molecule has 0 radical (unpaired) electrons. The minimum absolute atomic E-state index is 0.212. The predicted octanol–water partition coefficient (Wildman–Crippen LogP) is 3.62. The summed E-state index contributed by atoms with van der Waals surface area (Å²) in [5.41, 5.74) is 1.00. The highest BCUT2D eigenvalue weighted by atomic mass is 32.1. The molecule has 1 rings (SSSR count). The molecule has 0 bridgehead atoms. The van der Waals surface area contributed by atoms with Gasteiger partial charge in [0.25, 0.3) is 5.69 Å². The van der Waals surface area contributed by atoms with Gasteiger partial charge in [-0.3, -0.25) is 10.1 Å². The number of benzene rings is 1. The molecule has 0 saturated carbocycles. The standard InChI is InChI=1S/C11H15NO2S/c1-2-3-4-5-9-8-10(15)6-7-11(9)12(13)14/h6-8,15H,2-5H2,1H3. The van der Waals surface area contributed by atoms with E-state index >= 15 is 0 Å². The zero-order chi connectivity index (χ0) is 11.3. The number of unbranched alkanes of at least 4 members (excludes halogenated alkanes) is 2. The Morgan fingerprint density at radius 2 is 2.13 bits per heavy atom. The summed E-state index contributed by atoms with van der Waals surface area (Å²) < 4.78 is 0. The Hall–Kier alpha value is -1.03. The van der Waals surface area contributed by atoms with Gasteiger partial charge in [-0.2, -0.15) is 0 Å². The molecule has 0 fully saturated rings. The lowest BCUT2D eigenvalue weighted by atomic mass is 10.1. The van der Waals surface area contributed by atoms with E-state index in [0.717, 1.165) is 36.1 Å². The van der Waals surface area contributed by atoms with Crippen molar-refractivity contribution in [3.8, 4) is 0 Å². The topological polar surface area (TPSA) is 43.1 Å². The van der Waals surface area contributed by atoms with E-state index < -0.39 is 0 Å². The van der Waals surface area contributed by atoms with Crippen LogP contribution in [0.25, 0.3) is 0 Å². The number of hydrogen-bond acceptors (Lipinski definition) is 3. The van der Waals surface area contributed by atoms with Crippen LogP contribution in [-0.2, 0) is 6.42 Å². The van der Waals surface area contributed by atoms with Crippen LogP contribution < -0.4 is 0 Å². The number of hydrogen-bond donors (Lipinski definition) is 1. The maximum atomic E-state index is 10.7. The van der Waals surface area contributed by atoms with Crippen molar-refractivity contribution < 1.29 is 4.92 Å². The van der Waals surface area contributed by atoms with Crippen LogP contribution >= 0.6 is 12.6 Å². The second kappa shape index (κ2) is 5.75. The minimum Gasteiger partial charge on any atom is -0.258 e. The molecule has 0 heterocycles. The minimum atomic E-state index is -0.325. The fourth-order valence-corrected chi connectivity index (χ4v) is 1.75. The van der Waals surface area contributed by atoms with Crippen molar-refractivity contribution in [1.29, 1.82) is 0 Å². The highest BCUT2D eigenvalue weighted by molar-refractivity contribution is 7.80. The maximum absolute atomic E-state index is 10.7. The largest absolute Gasteiger partial charge is 0.272 e. The first-order valence-electron chi connectivity index (χ1n) is 5.11. The first kappa shape index (κ1) is 12.0. The lowest BCUT2D eigenvalue weighted by Gasteiger charge is -2.03. The summed E-state index contributed by atoms with van der Waals surface area (Å²) in [5.74, 6) is 0. The highest BCUT2D eigenvalue weighted by Gasteiger charge is 2.12. The number of aryl methyl sites for hydroxylation is 1. The van der Waals surface area contributed by atoms with Crippen molar-refractivity contribution in [1.82, 2.24) is 0 Å². The van der Waals surface area contributed by atoms with Crippen LogP contribution in [0.4, 0.5) is 5.69 Å². The van der Waals surface area contributed by atoms with Crippen LogP contribution in [0.2, 0.25) is 0 Å². The Kier molecular flexibility index (Phi) is 4.62. The van der Waals surface area contributed by atoms with Gasteiger partial charge in [0.15, 0.2) is 0 Å². The van der Waals surface area contributed by atoms with Crippen LogP contribution in [0.15, 0.2) is 23.1 Å². The van der Waals surface area contributed by atoms with E-state index in [4.69, 9.17) is 0 Å². The van der Waals surface area contributed by atoms with Crippen LogP contribution in [-0.4, -0.2) is 4.92 Å². The Bertz CT molecular complexity index is 352. The van der Waals surface area contributed by atoms with E-state index in [1.165, 1.54) is 6.07 Å². The Balaban J connectivity index is 2.82. The molecular weight excluding hydrogens is 210 g/mol. The van der Waals surface area contributed by atoms with E-state index in [-0.39, 0.29) is 10.6 Å². The van der Waals surface area contributed by atoms with Crippen molar-refractivity contribution in [3.63, 3.8) is 0 Å². The van der Waals surface area contributed by atoms with Gasteiger partial charge in [0.1, 0.15) is 0 Å². The quantitative estimate of drug-likeness (QED) is 0.360. The van der Waals surface area contributed by atoms with Gasteiger partial charge in [-0.15, -0.1) is 12.6 Å². The molecular formula is C11H15NO2S. The summed E-state index contributed by atoms with van der Waals surface area (Å²) in [6, 6.07) is 4.98. The van der Waals surface area contributed by atoms with Gasteiger partial charge < -0.3 is 0 Å². The molecule has 3 nitrogen and oxygen atoms in total. The van der Waals surface area contributed by atoms with Gasteiger partial charge in [0, 0.05) is 16.5 Å². The first-order valence-corrected chi connectivity index (χ1v) is 5.56. The monoisotopic (exact) mass is 225 g/mol. The SMILES string of the molecule is CCCCCc1cc(S)ccc1[N+](=O)[O-]. The molecule has 1 aromatic rings. The second-order valence-electron chi connectivity index (χ2n) is 3.53. The molecule has 4 heteroatoms. The van der Waals surface area contributed by atoms with E-state index in [1.807, 2.05) is 0 Å². The van der Waals surface area contributed by atoms with E-state index in [0.29, 0.717) is 0 Å². The van der Waals surface area contributed by atoms with Gasteiger partial charge in [-0.05, 0) is 25.0 Å². The zero-order valence-electron chi connectivity index (χ0n) is 8.77. The second-order valence-corrected chi connectivity index (χ2v) is 4.04. The molecule has 15 heavy (non-hydrogen) atoms. The molecule has 0 amide bonds. The van der Waals surface area contributed by atoms with Crippen LogP contribution in [0.5, 0.6) is 0 Å². The zero-order valence-corrected chi connectivity index (χ0v) is 9.67. The number of nitrogens with zero attached hydrogens (tertiary/aromatic N) is 1. The van der Waals surface area contributed by atoms with Gasteiger partial charge in [-0.1, -0.05) is 19.8 Å². The van der Waals surface area contributed by atoms with Crippen molar-refractivity contribution in [2.45, 2.75) is 37.5 Å². The first-order chi connectivity index (χ1) is 7.15. The summed E-state index contributed by atoms with van der Waals surface area (Å²) in [4.78, 5) is 11.2. The summed E-state index contributed by atoms with van der Waals surface area (Å²) in [6.45, 7) is 2.11. The Morgan fingerprint density at radius 1 is 1.40 bits per heavy atom. The van der Waals surface area contributed by atoms with Gasteiger partial charge in [-0.25, -0.2) is 0 Å². The molecule has 0 saturated heterocycles. The van der Waals surface area contributed by atoms with E-state index in [9.17, 15) is 10.1 Å². The van der Waals surface area contributed by atoms with Gasteiger partial charge in [0.05, 0.1) is 4.92 Å². The fraction of sp³-hybridized carbons (Fsp3) is 0.455. The molecule has 0 unspecified atom stereocenters. The summed E-state index contributed by atoms with van der Waals surface area (Å²) >= 11 is 4.19. The summed E-state index contributed by atoms with van der Waals surface area (Å²) in [7, 11) is 0. The van der Waals surface area contributed by atoms with E-state index in [1.54, 1.807) is 12.1 Å². The number of nitro groups is 1. The average molecular weight is 225 g/mol. The highest BCUT2D eigenvalue weighted by Crippen LogP contribution is 2.23. The normalized spacial score (nSPS) is 10.3. The molecule has 0 aliphatic heterocycles. The van der Waals surface area contributed by atoms with Gasteiger partial charge >= 0.3 is 0 Å². The molecule has 0 spiro atoms. The lowest BCUT2D eigenvalue weighted by molar-refractivity contribution is -0.385. The molecule has 0 N–H and O–H groups in total. The van der Waals surface area contributed by atoms with E-state index in [2.05, 4.69) is 19.6 Å². The van der Waals surface area contributed by atoms with Crippen molar-refractivity contribution in [2.75, 3.05) is 0 Å². The predicted molar refractivity (Wildman–Crippen MR) is 63.6 cm³/mol. The van der Waals surface area contributed by atoms with Crippen LogP contribution in [0, 0.1) is 10.1 Å². The summed E-state index contributed by atoms with van der Waals surface area (Å²) in [5, 5.41) is 10.7. The number of nitro benzene ring substituents is 1. The average Bonchev–Trinajstić information content (AvgIpc) is 2.18. The lowest BCUT2D eigenvalue weighted by Crippen LogP contribution is -1.95. The molecule has 0 aliphatic carbocycles. The Morgan fingerprint density at radius 3 is 2.73 bits per heavy atom. The number of thiol groups is 1. The van der Waals surface area contributed by atoms with Crippen LogP contribution in [0.3, 0.4) is 0 Å². The molecule has 82 valence electrons. The molecule has 0 atom stereocenters. The third-order valence-corrected chi connectivity index (χ3v) is 2.59. The van der Waals surface area contributed by atoms with Crippen molar-refractivity contribution in [2.24, 2.45) is 0 Å². The third-order valence-electron chi connectivity index (χ3n) is 2.31. The molecule has 0 aliphatic rings. The van der Waals surface area contributed by atoms with Gasteiger partial charge in [0.2, 0.25) is 0 Å². The smallest absolute Gasteiger partial charge is 0.258 e. The molecule has 0 aromatic heterocycles. The number of rotatable bonds is 5. The fourth-order valence-electron chi connectivity index (χ4n) is 1.52. The third kappa shape index (κ3) is 3.55.